The lowest BCUT2D eigenvalue weighted by molar-refractivity contribution is -0.123. The van der Waals surface area contributed by atoms with Crippen molar-refractivity contribution < 1.29 is 13.2 Å². The van der Waals surface area contributed by atoms with Crippen molar-refractivity contribution >= 4 is 15.7 Å². The Balaban J connectivity index is 1.35. The summed E-state index contributed by atoms with van der Waals surface area (Å²) in [5, 5.41) is 13.7. The topological polar surface area (TPSA) is 105 Å². The van der Waals surface area contributed by atoms with Gasteiger partial charge in [0, 0.05) is 25.8 Å². The SMILES string of the molecule is Cn1cc(S(=O)(=O)c2ccc(CNC(=O)C3CC4CNCCC4N3)cc2)cn1. The molecule has 4 rings (SSSR count). The molecule has 1 amide bonds. The average Bonchev–Trinajstić information content (AvgIpc) is 3.33. The predicted octanol–water partition coefficient (Wildman–Crippen LogP) is 0.209. The van der Waals surface area contributed by atoms with E-state index in [1.807, 2.05) is 0 Å². The van der Waals surface area contributed by atoms with E-state index < -0.39 is 9.84 Å². The monoisotopic (exact) mass is 403 g/mol. The number of benzene rings is 1. The fourth-order valence-electron chi connectivity index (χ4n) is 3.97. The molecule has 9 heteroatoms. The maximum atomic E-state index is 12.6. The molecule has 150 valence electrons. The van der Waals surface area contributed by atoms with Crippen LogP contribution in [0.5, 0.6) is 0 Å². The number of carbonyl (C=O) groups is 1. The average molecular weight is 404 g/mol. The van der Waals surface area contributed by atoms with Crippen molar-refractivity contribution in [1.29, 1.82) is 0 Å². The van der Waals surface area contributed by atoms with Crippen LogP contribution in [0.4, 0.5) is 0 Å². The zero-order chi connectivity index (χ0) is 19.7. The molecular formula is C19H25N5O3S. The molecule has 0 saturated carbocycles. The maximum absolute atomic E-state index is 12.6. The van der Waals surface area contributed by atoms with Crippen LogP contribution in [-0.2, 0) is 28.2 Å². The number of aryl methyl sites for hydroxylation is 1. The van der Waals surface area contributed by atoms with E-state index >= 15 is 0 Å². The molecule has 2 aliphatic heterocycles. The molecule has 0 aliphatic carbocycles. The van der Waals surface area contributed by atoms with Gasteiger partial charge in [0.1, 0.15) is 4.90 Å². The van der Waals surface area contributed by atoms with Crippen LogP contribution in [0.25, 0.3) is 0 Å². The summed E-state index contributed by atoms with van der Waals surface area (Å²) in [4.78, 5) is 12.9. The number of sulfone groups is 1. The summed E-state index contributed by atoms with van der Waals surface area (Å²) in [5.74, 6) is 0.517. The molecule has 0 bridgehead atoms. The highest BCUT2D eigenvalue weighted by Crippen LogP contribution is 2.25. The van der Waals surface area contributed by atoms with Crippen molar-refractivity contribution in [1.82, 2.24) is 25.7 Å². The second kappa shape index (κ2) is 7.65. The van der Waals surface area contributed by atoms with E-state index in [-0.39, 0.29) is 21.7 Å². The van der Waals surface area contributed by atoms with E-state index in [2.05, 4.69) is 21.0 Å². The molecule has 2 aromatic rings. The number of aromatic nitrogens is 2. The fourth-order valence-corrected chi connectivity index (χ4v) is 5.22. The van der Waals surface area contributed by atoms with Crippen molar-refractivity contribution in [3.8, 4) is 0 Å². The third-order valence-electron chi connectivity index (χ3n) is 5.57. The van der Waals surface area contributed by atoms with Crippen LogP contribution < -0.4 is 16.0 Å². The summed E-state index contributed by atoms with van der Waals surface area (Å²) in [6.45, 7) is 2.34. The van der Waals surface area contributed by atoms with Gasteiger partial charge < -0.3 is 16.0 Å². The van der Waals surface area contributed by atoms with Crippen LogP contribution in [0.2, 0.25) is 0 Å². The second-order valence-electron chi connectivity index (χ2n) is 7.53. The molecule has 2 fully saturated rings. The summed E-state index contributed by atoms with van der Waals surface area (Å²) >= 11 is 0. The molecule has 3 unspecified atom stereocenters. The van der Waals surface area contributed by atoms with E-state index in [9.17, 15) is 13.2 Å². The first-order chi connectivity index (χ1) is 13.4. The van der Waals surface area contributed by atoms with Crippen LogP contribution >= 0.6 is 0 Å². The molecule has 28 heavy (non-hydrogen) atoms. The normalized spacial score (nSPS) is 24.7. The van der Waals surface area contributed by atoms with Gasteiger partial charge in [0.25, 0.3) is 0 Å². The first kappa shape index (κ1) is 19.1. The molecule has 1 aromatic carbocycles. The summed E-state index contributed by atoms with van der Waals surface area (Å²) in [6.07, 6.45) is 4.73. The Hall–Kier alpha value is -2.23. The van der Waals surface area contributed by atoms with Gasteiger partial charge in [0.2, 0.25) is 15.7 Å². The Bertz CT molecular complexity index is 940. The molecule has 2 aliphatic rings. The van der Waals surface area contributed by atoms with Crippen molar-refractivity contribution in [2.75, 3.05) is 13.1 Å². The van der Waals surface area contributed by atoms with Gasteiger partial charge in [-0.05, 0) is 49.5 Å². The summed E-state index contributed by atoms with van der Waals surface area (Å²) in [7, 11) is -1.90. The molecule has 3 atom stereocenters. The van der Waals surface area contributed by atoms with Gasteiger partial charge in [-0.25, -0.2) is 8.42 Å². The highest BCUT2D eigenvalue weighted by Gasteiger charge is 2.38. The van der Waals surface area contributed by atoms with Crippen LogP contribution in [0.15, 0.2) is 46.5 Å². The van der Waals surface area contributed by atoms with Gasteiger partial charge in [0.15, 0.2) is 0 Å². The summed E-state index contributed by atoms with van der Waals surface area (Å²) in [6, 6.07) is 6.87. The Kier molecular flexibility index (Phi) is 5.22. The van der Waals surface area contributed by atoms with Crippen LogP contribution in [-0.4, -0.2) is 49.3 Å². The molecule has 8 nitrogen and oxygen atoms in total. The van der Waals surface area contributed by atoms with Crippen LogP contribution in [0.3, 0.4) is 0 Å². The minimum Gasteiger partial charge on any atom is -0.351 e. The number of nitrogens with one attached hydrogen (secondary N) is 3. The van der Waals surface area contributed by atoms with Crippen LogP contribution in [0, 0.1) is 5.92 Å². The molecule has 0 spiro atoms. The highest BCUT2D eigenvalue weighted by molar-refractivity contribution is 7.91. The lowest BCUT2D eigenvalue weighted by Gasteiger charge is -2.25. The number of carbonyl (C=O) groups excluding carboxylic acids is 1. The number of fused-ring (bicyclic) bond motifs is 1. The Labute approximate surface area is 164 Å². The Morgan fingerprint density at radius 2 is 2.07 bits per heavy atom. The lowest BCUT2D eigenvalue weighted by Crippen LogP contribution is -2.45. The zero-order valence-electron chi connectivity index (χ0n) is 15.8. The number of amides is 1. The minimum atomic E-state index is -3.58. The highest BCUT2D eigenvalue weighted by atomic mass is 32.2. The fraction of sp³-hybridized carbons (Fsp3) is 0.474. The molecular weight excluding hydrogens is 378 g/mol. The van der Waals surface area contributed by atoms with Gasteiger partial charge in [-0.15, -0.1) is 0 Å². The molecule has 0 radical (unpaired) electrons. The van der Waals surface area contributed by atoms with E-state index in [0.29, 0.717) is 18.5 Å². The van der Waals surface area contributed by atoms with Gasteiger partial charge >= 0.3 is 0 Å². The zero-order valence-corrected chi connectivity index (χ0v) is 16.6. The third kappa shape index (κ3) is 3.82. The summed E-state index contributed by atoms with van der Waals surface area (Å²) in [5.41, 5.74) is 0.857. The number of hydrogen-bond acceptors (Lipinski definition) is 6. The Morgan fingerprint density at radius 1 is 1.29 bits per heavy atom. The van der Waals surface area contributed by atoms with E-state index in [1.54, 1.807) is 31.3 Å². The predicted molar refractivity (Wildman–Crippen MR) is 103 cm³/mol. The van der Waals surface area contributed by atoms with Gasteiger partial charge in [-0.2, -0.15) is 5.10 Å². The quantitative estimate of drug-likeness (QED) is 0.659. The standard InChI is InChI=1S/C19H25N5O3S/c1-24-12-16(11-22-24)28(26,27)15-4-2-13(3-5-15)9-21-19(25)18-8-14-10-20-7-6-17(14)23-18/h2-5,11-12,14,17-18,20,23H,6-10H2,1H3,(H,21,25). The van der Waals surface area contributed by atoms with E-state index in [0.717, 1.165) is 31.5 Å². The lowest BCUT2D eigenvalue weighted by atomic mass is 9.94. The van der Waals surface area contributed by atoms with Crippen LogP contribution in [0.1, 0.15) is 18.4 Å². The molecule has 3 N–H and O–H groups in total. The van der Waals surface area contributed by atoms with Crippen molar-refractivity contribution in [2.24, 2.45) is 13.0 Å². The largest absolute Gasteiger partial charge is 0.351 e. The first-order valence-corrected chi connectivity index (χ1v) is 11.0. The first-order valence-electron chi connectivity index (χ1n) is 9.50. The van der Waals surface area contributed by atoms with E-state index in [1.165, 1.54) is 17.1 Å². The number of hydrogen-bond donors (Lipinski definition) is 3. The van der Waals surface area contributed by atoms with Gasteiger partial charge in [0.05, 0.1) is 17.1 Å². The van der Waals surface area contributed by atoms with E-state index in [4.69, 9.17) is 0 Å². The molecule has 3 heterocycles. The third-order valence-corrected chi connectivity index (χ3v) is 7.29. The maximum Gasteiger partial charge on any atom is 0.237 e. The van der Waals surface area contributed by atoms with Crippen molar-refractivity contribution in [3.05, 3.63) is 42.2 Å². The van der Waals surface area contributed by atoms with Gasteiger partial charge in [-0.1, -0.05) is 12.1 Å². The van der Waals surface area contributed by atoms with Gasteiger partial charge in [-0.3, -0.25) is 9.48 Å². The summed E-state index contributed by atoms with van der Waals surface area (Å²) < 4.78 is 26.6. The van der Waals surface area contributed by atoms with Crippen molar-refractivity contribution in [2.45, 2.75) is 41.3 Å². The molecule has 2 saturated heterocycles. The number of piperidine rings is 1. The molecule has 1 aromatic heterocycles. The Morgan fingerprint density at radius 3 is 2.75 bits per heavy atom. The number of rotatable bonds is 5. The minimum absolute atomic E-state index is 0.00135. The second-order valence-corrected chi connectivity index (χ2v) is 9.48. The smallest absolute Gasteiger partial charge is 0.237 e. The van der Waals surface area contributed by atoms with Crippen molar-refractivity contribution in [3.63, 3.8) is 0 Å². The number of nitrogens with zero attached hydrogens (tertiary/aromatic N) is 2.